The summed E-state index contributed by atoms with van der Waals surface area (Å²) in [6, 6.07) is 8.54. The van der Waals surface area contributed by atoms with Gasteiger partial charge in [0.2, 0.25) is 0 Å². The first kappa shape index (κ1) is 16.6. The maximum Gasteiger partial charge on any atom is 0.312 e. The topological polar surface area (TPSA) is 95.2 Å². The molecule has 2 N–H and O–H groups in total. The molecule has 0 aliphatic carbocycles. The number of hydrogen-bond donors (Lipinski definition) is 1. The third-order valence-corrected chi connectivity index (χ3v) is 2.87. The molecule has 120 valence electrons. The zero-order valence-corrected chi connectivity index (χ0v) is 13.4. The van der Waals surface area contributed by atoms with Gasteiger partial charge >= 0.3 is 5.97 Å². The highest BCUT2D eigenvalue weighted by Crippen LogP contribution is 2.17. The molecule has 0 aromatic carbocycles. The highest BCUT2D eigenvalue weighted by atomic mass is 16.6. The number of amides is 1. The standard InChI is InChI=1S/C17H19N3O3/c1-17(2,3)23-15(21)9-12-8-7-11(10-19-12)13-5-4-6-14(20-13)16(18)22/h4-8,10H,9H2,1-3H3,(H2,18,22). The van der Waals surface area contributed by atoms with Gasteiger partial charge in [-0.3, -0.25) is 14.6 Å². The molecule has 0 aliphatic heterocycles. The summed E-state index contributed by atoms with van der Waals surface area (Å²) in [7, 11) is 0. The fourth-order valence-corrected chi connectivity index (χ4v) is 1.94. The molecule has 0 saturated carbocycles. The van der Waals surface area contributed by atoms with Crippen LogP contribution in [-0.4, -0.2) is 27.4 Å². The van der Waals surface area contributed by atoms with E-state index < -0.39 is 11.5 Å². The van der Waals surface area contributed by atoms with Crippen LogP contribution in [0.25, 0.3) is 11.3 Å². The minimum atomic E-state index is -0.582. The second-order valence-corrected chi connectivity index (χ2v) is 6.07. The van der Waals surface area contributed by atoms with Gasteiger partial charge in [-0.2, -0.15) is 0 Å². The Balaban J connectivity index is 2.12. The summed E-state index contributed by atoms with van der Waals surface area (Å²) in [4.78, 5) is 31.4. The second kappa shape index (κ2) is 6.56. The number of carbonyl (C=O) groups excluding carboxylic acids is 2. The van der Waals surface area contributed by atoms with E-state index in [-0.39, 0.29) is 18.1 Å². The van der Waals surface area contributed by atoms with Crippen molar-refractivity contribution in [2.45, 2.75) is 32.8 Å². The number of aromatic nitrogens is 2. The number of ether oxygens (including phenoxy) is 1. The number of pyridine rings is 2. The Morgan fingerprint density at radius 1 is 1.17 bits per heavy atom. The van der Waals surface area contributed by atoms with Crippen LogP contribution >= 0.6 is 0 Å². The Morgan fingerprint density at radius 3 is 2.48 bits per heavy atom. The van der Waals surface area contributed by atoms with Crippen LogP contribution in [0.15, 0.2) is 36.5 Å². The van der Waals surface area contributed by atoms with Crippen molar-refractivity contribution in [1.29, 1.82) is 0 Å². The minimum absolute atomic E-state index is 0.103. The fourth-order valence-electron chi connectivity index (χ4n) is 1.94. The van der Waals surface area contributed by atoms with E-state index >= 15 is 0 Å². The number of nitrogens with zero attached hydrogens (tertiary/aromatic N) is 2. The van der Waals surface area contributed by atoms with Crippen molar-refractivity contribution in [3.8, 4) is 11.3 Å². The lowest BCUT2D eigenvalue weighted by Gasteiger charge is -2.19. The number of nitrogens with two attached hydrogens (primary N) is 1. The van der Waals surface area contributed by atoms with Crippen molar-refractivity contribution in [2.24, 2.45) is 5.73 Å². The Bertz CT molecular complexity index is 719. The summed E-state index contributed by atoms with van der Waals surface area (Å²) >= 11 is 0. The molecule has 2 aromatic rings. The van der Waals surface area contributed by atoms with Crippen LogP contribution < -0.4 is 5.73 Å². The van der Waals surface area contributed by atoms with Crippen molar-refractivity contribution in [3.05, 3.63) is 47.9 Å². The van der Waals surface area contributed by atoms with Gasteiger partial charge < -0.3 is 10.5 Å². The molecule has 0 atom stereocenters. The van der Waals surface area contributed by atoms with Crippen molar-refractivity contribution in [3.63, 3.8) is 0 Å². The van der Waals surface area contributed by atoms with Crippen LogP contribution in [0, 0.1) is 0 Å². The Labute approximate surface area is 134 Å². The van der Waals surface area contributed by atoms with Crippen molar-refractivity contribution in [2.75, 3.05) is 0 Å². The maximum absolute atomic E-state index is 11.8. The molecule has 0 fully saturated rings. The molecule has 23 heavy (non-hydrogen) atoms. The SMILES string of the molecule is CC(C)(C)OC(=O)Cc1ccc(-c2cccc(C(N)=O)n2)cn1. The highest BCUT2D eigenvalue weighted by molar-refractivity contribution is 5.91. The van der Waals surface area contributed by atoms with Gasteiger partial charge in [0.25, 0.3) is 5.91 Å². The van der Waals surface area contributed by atoms with Crippen LogP contribution in [0.4, 0.5) is 0 Å². The maximum atomic E-state index is 11.8. The van der Waals surface area contributed by atoms with E-state index in [1.807, 2.05) is 20.8 Å². The third-order valence-electron chi connectivity index (χ3n) is 2.87. The molecule has 6 heteroatoms. The molecule has 1 amide bonds. The largest absolute Gasteiger partial charge is 0.460 e. The van der Waals surface area contributed by atoms with E-state index in [1.165, 1.54) is 0 Å². The molecule has 0 unspecified atom stereocenters. The minimum Gasteiger partial charge on any atom is -0.460 e. The summed E-state index contributed by atoms with van der Waals surface area (Å²) in [6.07, 6.45) is 1.71. The Kier molecular flexibility index (Phi) is 4.74. The van der Waals surface area contributed by atoms with Crippen LogP contribution in [0.1, 0.15) is 37.0 Å². The third kappa shape index (κ3) is 4.88. The summed E-state index contributed by atoms with van der Waals surface area (Å²) in [5, 5.41) is 0. The molecule has 0 bridgehead atoms. The molecule has 0 aliphatic rings. The molecule has 2 heterocycles. The normalized spacial score (nSPS) is 11.1. The van der Waals surface area contributed by atoms with E-state index in [4.69, 9.17) is 10.5 Å². The van der Waals surface area contributed by atoms with Crippen molar-refractivity contribution >= 4 is 11.9 Å². The van der Waals surface area contributed by atoms with Crippen molar-refractivity contribution in [1.82, 2.24) is 9.97 Å². The molecule has 0 radical (unpaired) electrons. The van der Waals surface area contributed by atoms with E-state index in [1.54, 1.807) is 36.5 Å². The predicted octanol–water partition coefficient (Wildman–Crippen LogP) is 2.13. The molecular formula is C17H19N3O3. The van der Waals surface area contributed by atoms with Gasteiger partial charge in [-0.15, -0.1) is 0 Å². The first-order valence-electron chi connectivity index (χ1n) is 7.18. The number of primary amides is 1. The number of esters is 1. The van der Waals surface area contributed by atoms with Crippen molar-refractivity contribution < 1.29 is 14.3 Å². The number of carbonyl (C=O) groups is 2. The second-order valence-electron chi connectivity index (χ2n) is 6.07. The lowest BCUT2D eigenvalue weighted by Crippen LogP contribution is -2.25. The van der Waals surface area contributed by atoms with Crippen LogP contribution in [0.2, 0.25) is 0 Å². The van der Waals surface area contributed by atoms with Gasteiger partial charge in [0.05, 0.1) is 17.8 Å². The van der Waals surface area contributed by atoms with E-state index in [9.17, 15) is 9.59 Å². The van der Waals surface area contributed by atoms with E-state index in [2.05, 4.69) is 9.97 Å². The highest BCUT2D eigenvalue weighted by Gasteiger charge is 2.17. The van der Waals surface area contributed by atoms with Gasteiger partial charge in [0.15, 0.2) is 0 Å². The zero-order chi connectivity index (χ0) is 17.0. The van der Waals surface area contributed by atoms with Gasteiger partial charge in [-0.1, -0.05) is 6.07 Å². The summed E-state index contributed by atoms with van der Waals surface area (Å²) in [6.45, 7) is 5.45. The smallest absolute Gasteiger partial charge is 0.312 e. The molecular weight excluding hydrogens is 294 g/mol. The van der Waals surface area contributed by atoms with Crippen LogP contribution in [-0.2, 0) is 16.0 Å². The van der Waals surface area contributed by atoms with Gasteiger partial charge in [0.1, 0.15) is 11.3 Å². The number of hydrogen-bond acceptors (Lipinski definition) is 5. The van der Waals surface area contributed by atoms with Gasteiger partial charge in [-0.05, 0) is 45.0 Å². The lowest BCUT2D eigenvalue weighted by molar-refractivity contribution is -0.154. The molecule has 6 nitrogen and oxygen atoms in total. The predicted molar refractivity (Wildman–Crippen MR) is 85.5 cm³/mol. The Morgan fingerprint density at radius 2 is 1.91 bits per heavy atom. The average molecular weight is 313 g/mol. The quantitative estimate of drug-likeness (QED) is 0.872. The van der Waals surface area contributed by atoms with E-state index in [0.29, 0.717) is 11.4 Å². The lowest BCUT2D eigenvalue weighted by atomic mass is 10.1. The molecule has 0 saturated heterocycles. The van der Waals surface area contributed by atoms with Crippen LogP contribution in [0.5, 0.6) is 0 Å². The molecule has 0 spiro atoms. The number of rotatable bonds is 4. The average Bonchev–Trinajstić information content (AvgIpc) is 2.46. The molecule has 2 aromatic heterocycles. The summed E-state index contributed by atoms with van der Waals surface area (Å²) in [5.74, 6) is -0.909. The van der Waals surface area contributed by atoms with Crippen LogP contribution in [0.3, 0.4) is 0 Å². The Hall–Kier alpha value is -2.76. The first-order valence-corrected chi connectivity index (χ1v) is 7.18. The first-order chi connectivity index (χ1) is 10.7. The van der Waals surface area contributed by atoms with Gasteiger partial charge in [0, 0.05) is 11.8 Å². The zero-order valence-electron chi connectivity index (χ0n) is 13.4. The fraction of sp³-hybridized carbons (Fsp3) is 0.294. The summed E-state index contributed by atoms with van der Waals surface area (Å²) < 4.78 is 5.26. The van der Waals surface area contributed by atoms with E-state index in [0.717, 1.165) is 5.56 Å². The molecule has 2 rings (SSSR count). The monoisotopic (exact) mass is 313 g/mol. The summed E-state index contributed by atoms with van der Waals surface area (Å²) in [5.41, 5.74) is 6.84. The van der Waals surface area contributed by atoms with Gasteiger partial charge in [-0.25, -0.2) is 4.98 Å².